The predicted molar refractivity (Wildman–Crippen MR) is 59.0 cm³/mol. The van der Waals surface area contributed by atoms with Gasteiger partial charge in [-0.3, -0.25) is 0 Å². The summed E-state index contributed by atoms with van der Waals surface area (Å²) >= 11 is 0. The summed E-state index contributed by atoms with van der Waals surface area (Å²) < 4.78 is 5.25. The second kappa shape index (κ2) is 3.86. The van der Waals surface area contributed by atoms with Crippen LogP contribution in [0.1, 0.15) is 26.3 Å². The van der Waals surface area contributed by atoms with Gasteiger partial charge < -0.3 is 10.1 Å². The number of anilines is 1. The maximum atomic E-state index is 5.25. The minimum Gasteiger partial charge on any atom is -0.493 e. The molecule has 1 aromatic rings. The Balaban J connectivity index is 3.14. The molecule has 0 amide bonds. The Labute approximate surface area is 85.5 Å². The summed E-state index contributed by atoms with van der Waals surface area (Å²) in [6.45, 7) is 6.47. The maximum absolute atomic E-state index is 5.25. The molecule has 0 atom stereocenters. The Kier molecular flexibility index (Phi) is 2.99. The van der Waals surface area contributed by atoms with Crippen LogP contribution in [0, 0.1) is 0 Å². The predicted octanol–water partition coefficient (Wildman–Crippen LogP) is 2.43. The molecule has 0 saturated heterocycles. The van der Waals surface area contributed by atoms with Gasteiger partial charge in [-0.2, -0.15) is 0 Å². The normalized spacial score (nSPS) is 11.2. The smallest absolute Gasteiger partial charge is 0.168 e. The van der Waals surface area contributed by atoms with Crippen molar-refractivity contribution < 1.29 is 4.74 Å². The zero-order chi connectivity index (χ0) is 10.8. The van der Waals surface area contributed by atoms with Crippen molar-refractivity contribution in [2.45, 2.75) is 26.2 Å². The third-order valence-corrected chi connectivity index (χ3v) is 2.18. The third kappa shape index (κ3) is 2.16. The molecule has 3 nitrogen and oxygen atoms in total. The first-order valence-electron chi connectivity index (χ1n) is 4.71. The van der Waals surface area contributed by atoms with E-state index >= 15 is 0 Å². The average Bonchev–Trinajstić information content (AvgIpc) is 2.15. The van der Waals surface area contributed by atoms with E-state index in [4.69, 9.17) is 4.74 Å². The highest BCUT2D eigenvalue weighted by Gasteiger charge is 2.16. The summed E-state index contributed by atoms with van der Waals surface area (Å²) in [6, 6.07) is 2.03. The molecule has 0 aliphatic rings. The standard InChI is InChI=1S/C11H18N2O/c1-11(2,3)8-6-9(14-5)10(12-4)13-7-8/h6-7H,1-5H3,(H,12,13). The lowest BCUT2D eigenvalue weighted by molar-refractivity contribution is 0.412. The molecule has 0 bridgehead atoms. The van der Waals surface area contributed by atoms with Crippen LogP contribution in [-0.4, -0.2) is 19.1 Å². The summed E-state index contributed by atoms with van der Waals surface area (Å²) in [6.07, 6.45) is 1.88. The lowest BCUT2D eigenvalue weighted by Crippen LogP contribution is -2.12. The van der Waals surface area contributed by atoms with Crippen LogP contribution in [0.5, 0.6) is 5.75 Å². The highest BCUT2D eigenvalue weighted by Crippen LogP contribution is 2.28. The van der Waals surface area contributed by atoms with Crippen molar-refractivity contribution in [3.63, 3.8) is 0 Å². The largest absolute Gasteiger partial charge is 0.493 e. The fraction of sp³-hybridized carbons (Fsp3) is 0.545. The molecular formula is C11H18N2O. The summed E-state index contributed by atoms with van der Waals surface area (Å²) in [5, 5.41) is 2.99. The molecule has 1 aromatic heterocycles. The summed E-state index contributed by atoms with van der Waals surface area (Å²) in [5.41, 5.74) is 1.28. The maximum Gasteiger partial charge on any atom is 0.168 e. The number of aromatic nitrogens is 1. The summed E-state index contributed by atoms with van der Waals surface area (Å²) in [7, 11) is 3.49. The van der Waals surface area contributed by atoms with Crippen molar-refractivity contribution >= 4 is 5.82 Å². The first-order chi connectivity index (χ1) is 6.49. The molecule has 0 saturated carbocycles. The SMILES string of the molecule is CNc1ncc(C(C)(C)C)cc1OC. The fourth-order valence-electron chi connectivity index (χ4n) is 1.20. The first-order valence-corrected chi connectivity index (χ1v) is 4.71. The molecule has 0 radical (unpaired) electrons. The van der Waals surface area contributed by atoms with Crippen molar-refractivity contribution in [1.82, 2.24) is 4.98 Å². The van der Waals surface area contributed by atoms with Gasteiger partial charge >= 0.3 is 0 Å². The number of pyridine rings is 1. The van der Waals surface area contributed by atoms with Crippen LogP contribution in [-0.2, 0) is 5.41 Å². The van der Waals surface area contributed by atoms with Gasteiger partial charge in [-0.25, -0.2) is 4.98 Å². The highest BCUT2D eigenvalue weighted by molar-refractivity contribution is 5.51. The van der Waals surface area contributed by atoms with E-state index in [2.05, 4.69) is 31.1 Å². The minimum atomic E-state index is 0.104. The fourth-order valence-corrected chi connectivity index (χ4v) is 1.20. The Morgan fingerprint density at radius 1 is 1.36 bits per heavy atom. The molecule has 0 fully saturated rings. The number of hydrogen-bond acceptors (Lipinski definition) is 3. The Morgan fingerprint density at radius 3 is 2.43 bits per heavy atom. The van der Waals surface area contributed by atoms with Crippen molar-refractivity contribution in [3.8, 4) is 5.75 Å². The van der Waals surface area contributed by atoms with Crippen molar-refractivity contribution in [2.75, 3.05) is 19.5 Å². The summed E-state index contributed by atoms with van der Waals surface area (Å²) in [5.74, 6) is 1.57. The summed E-state index contributed by atoms with van der Waals surface area (Å²) in [4.78, 5) is 4.30. The molecule has 1 N–H and O–H groups in total. The lowest BCUT2D eigenvalue weighted by atomic mass is 9.88. The van der Waals surface area contributed by atoms with Gasteiger partial charge in [0.15, 0.2) is 11.6 Å². The lowest BCUT2D eigenvalue weighted by Gasteiger charge is -2.20. The second-order valence-corrected chi connectivity index (χ2v) is 4.27. The monoisotopic (exact) mass is 194 g/mol. The van der Waals surface area contributed by atoms with Crippen molar-refractivity contribution in [2.24, 2.45) is 0 Å². The van der Waals surface area contributed by atoms with Gasteiger partial charge in [0.1, 0.15) is 0 Å². The van der Waals surface area contributed by atoms with Crippen LogP contribution < -0.4 is 10.1 Å². The number of rotatable bonds is 2. The molecule has 1 rings (SSSR count). The van der Waals surface area contributed by atoms with Gasteiger partial charge in [-0.1, -0.05) is 20.8 Å². The minimum absolute atomic E-state index is 0.104. The van der Waals surface area contributed by atoms with E-state index in [0.717, 1.165) is 11.6 Å². The Morgan fingerprint density at radius 2 is 2.00 bits per heavy atom. The molecule has 0 aliphatic heterocycles. The van der Waals surface area contributed by atoms with E-state index in [-0.39, 0.29) is 5.41 Å². The van der Waals surface area contributed by atoms with Crippen LogP contribution in [0.15, 0.2) is 12.3 Å². The van der Waals surface area contributed by atoms with Gasteiger partial charge in [0, 0.05) is 13.2 Å². The molecule has 0 aliphatic carbocycles. The third-order valence-electron chi connectivity index (χ3n) is 2.18. The number of ether oxygens (including phenoxy) is 1. The zero-order valence-corrected chi connectivity index (χ0v) is 9.51. The van der Waals surface area contributed by atoms with Crippen LogP contribution in [0.4, 0.5) is 5.82 Å². The topological polar surface area (TPSA) is 34.2 Å². The molecule has 0 spiro atoms. The molecular weight excluding hydrogens is 176 g/mol. The quantitative estimate of drug-likeness (QED) is 0.785. The Bertz CT molecular complexity index is 316. The second-order valence-electron chi connectivity index (χ2n) is 4.27. The van der Waals surface area contributed by atoms with Crippen LogP contribution in [0.3, 0.4) is 0 Å². The Hall–Kier alpha value is -1.25. The van der Waals surface area contributed by atoms with E-state index in [9.17, 15) is 0 Å². The van der Waals surface area contributed by atoms with E-state index in [0.29, 0.717) is 0 Å². The van der Waals surface area contributed by atoms with Crippen LogP contribution in [0.25, 0.3) is 0 Å². The van der Waals surface area contributed by atoms with E-state index in [1.54, 1.807) is 7.11 Å². The number of methoxy groups -OCH3 is 1. The van der Waals surface area contributed by atoms with Crippen molar-refractivity contribution in [1.29, 1.82) is 0 Å². The molecule has 0 aromatic carbocycles. The number of nitrogens with one attached hydrogen (secondary N) is 1. The van der Waals surface area contributed by atoms with Crippen LogP contribution >= 0.6 is 0 Å². The van der Waals surface area contributed by atoms with Gasteiger partial charge in [-0.05, 0) is 17.0 Å². The number of nitrogens with zero attached hydrogens (tertiary/aromatic N) is 1. The molecule has 3 heteroatoms. The first kappa shape index (κ1) is 10.8. The van der Waals surface area contributed by atoms with Gasteiger partial charge in [0.25, 0.3) is 0 Å². The number of hydrogen-bond donors (Lipinski definition) is 1. The van der Waals surface area contributed by atoms with Crippen LogP contribution in [0.2, 0.25) is 0 Å². The average molecular weight is 194 g/mol. The highest BCUT2D eigenvalue weighted by atomic mass is 16.5. The van der Waals surface area contributed by atoms with E-state index < -0.39 is 0 Å². The molecule has 78 valence electrons. The molecule has 1 heterocycles. The zero-order valence-electron chi connectivity index (χ0n) is 9.51. The van der Waals surface area contributed by atoms with E-state index in [1.807, 2.05) is 19.3 Å². The van der Waals surface area contributed by atoms with Gasteiger partial charge in [0.05, 0.1) is 7.11 Å². The molecule has 14 heavy (non-hydrogen) atoms. The molecule has 0 unspecified atom stereocenters. The van der Waals surface area contributed by atoms with Gasteiger partial charge in [0.2, 0.25) is 0 Å². The van der Waals surface area contributed by atoms with Gasteiger partial charge in [-0.15, -0.1) is 0 Å². The van der Waals surface area contributed by atoms with Crippen molar-refractivity contribution in [3.05, 3.63) is 17.8 Å². The van der Waals surface area contributed by atoms with E-state index in [1.165, 1.54) is 5.56 Å².